The molecule has 1 aromatic rings. The molecule has 0 amide bonds. The van der Waals surface area contributed by atoms with Crippen LogP contribution in [-0.2, 0) is 11.3 Å². The van der Waals surface area contributed by atoms with Crippen molar-refractivity contribution in [3.05, 3.63) is 22.4 Å². The summed E-state index contributed by atoms with van der Waals surface area (Å²) in [5, 5.41) is 5.05. The van der Waals surface area contributed by atoms with Crippen LogP contribution < -0.4 is 0 Å². The Hall–Kier alpha value is -0.340. The normalized spacial score (nSPS) is 9.62. The minimum atomic E-state index is 0.684. The minimum absolute atomic E-state index is 0.684. The van der Waals surface area contributed by atoms with E-state index in [-0.39, 0.29) is 0 Å². The molecule has 0 spiro atoms. The third kappa shape index (κ3) is 1.32. The van der Waals surface area contributed by atoms with Gasteiger partial charge in [0.25, 0.3) is 0 Å². The van der Waals surface area contributed by atoms with E-state index >= 15 is 0 Å². The van der Waals surface area contributed by atoms with Crippen molar-refractivity contribution < 1.29 is 4.74 Å². The monoisotopic (exact) mass is 127 g/mol. The molecule has 0 aromatic carbocycles. The van der Waals surface area contributed by atoms with Crippen molar-refractivity contribution >= 4 is 11.3 Å². The van der Waals surface area contributed by atoms with Gasteiger partial charge in [-0.1, -0.05) is 0 Å². The van der Waals surface area contributed by atoms with Crippen molar-refractivity contribution in [3.8, 4) is 0 Å². The zero-order valence-corrected chi connectivity index (χ0v) is 5.49. The first-order valence-corrected chi connectivity index (χ1v) is 3.24. The number of ether oxygens (including phenoxy) is 1. The van der Waals surface area contributed by atoms with Crippen LogP contribution in [0.3, 0.4) is 0 Å². The summed E-state index contributed by atoms with van der Waals surface area (Å²) in [6.07, 6.45) is 0. The predicted octanol–water partition coefficient (Wildman–Crippen LogP) is 1.69. The Morgan fingerprint density at radius 2 is 2.75 bits per heavy atom. The minimum Gasteiger partial charge on any atom is -0.380 e. The Morgan fingerprint density at radius 3 is 3.25 bits per heavy atom. The molecule has 0 bridgehead atoms. The molecule has 0 unspecified atom stereocenters. The molecular formula is C6H7OS. The first-order valence-electron chi connectivity index (χ1n) is 2.36. The quantitative estimate of drug-likeness (QED) is 0.587. The molecular weight excluding hydrogens is 120 g/mol. The van der Waals surface area contributed by atoms with Gasteiger partial charge in [-0.15, -0.1) is 11.3 Å². The molecule has 0 saturated heterocycles. The first kappa shape index (κ1) is 5.79. The van der Waals surface area contributed by atoms with E-state index in [1.807, 2.05) is 11.4 Å². The Labute approximate surface area is 52.9 Å². The van der Waals surface area contributed by atoms with E-state index in [1.165, 1.54) is 0 Å². The smallest absolute Gasteiger partial charge is 0.0727 e. The van der Waals surface area contributed by atoms with E-state index < -0.39 is 0 Å². The van der Waals surface area contributed by atoms with E-state index in [4.69, 9.17) is 4.74 Å². The third-order valence-corrected chi connectivity index (χ3v) is 1.48. The number of thiophene rings is 1. The van der Waals surface area contributed by atoms with Crippen LogP contribution in [0, 0.1) is 5.38 Å². The Kier molecular flexibility index (Phi) is 2.06. The summed E-state index contributed by atoms with van der Waals surface area (Å²) in [6.45, 7) is 0.684. The van der Waals surface area contributed by atoms with Crippen molar-refractivity contribution in [3.63, 3.8) is 0 Å². The first-order chi connectivity index (χ1) is 3.93. The SMILES string of the molecule is COCc1[c]scc1. The fraction of sp³-hybridized carbons (Fsp3) is 0.333. The van der Waals surface area contributed by atoms with Crippen LogP contribution in [0.2, 0.25) is 0 Å². The zero-order chi connectivity index (χ0) is 5.82. The molecule has 8 heavy (non-hydrogen) atoms. The maximum atomic E-state index is 4.86. The zero-order valence-electron chi connectivity index (χ0n) is 4.68. The molecule has 1 heterocycles. The molecule has 1 nitrogen and oxygen atoms in total. The Balaban J connectivity index is 2.50. The van der Waals surface area contributed by atoms with Gasteiger partial charge in [-0.3, -0.25) is 0 Å². The molecule has 1 radical (unpaired) electrons. The van der Waals surface area contributed by atoms with Crippen LogP contribution in [0.15, 0.2) is 11.4 Å². The lowest BCUT2D eigenvalue weighted by molar-refractivity contribution is 0.185. The van der Waals surface area contributed by atoms with Gasteiger partial charge >= 0.3 is 0 Å². The predicted molar refractivity (Wildman–Crippen MR) is 33.9 cm³/mol. The molecule has 0 aliphatic heterocycles. The third-order valence-electron chi connectivity index (χ3n) is 0.827. The standard InChI is InChI=1S/C6H7OS/c1-7-4-6-2-3-8-5-6/h2-3H,4H2,1H3. The second kappa shape index (κ2) is 2.84. The fourth-order valence-corrected chi connectivity index (χ4v) is 1.07. The summed E-state index contributed by atoms with van der Waals surface area (Å²) in [7, 11) is 1.69. The molecule has 1 aromatic heterocycles. The highest BCUT2D eigenvalue weighted by atomic mass is 32.1. The van der Waals surface area contributed by atoms with Gasteiger partial charge in [0.05, 0.1) is 12.0 Å². The van der Waals surface area contributed by atoms with Crippen LogP contribution >= 0.6 is 11.3 Å². The number of hydrogen-bond donors (Lipinski definition) is 0. The molecule has 0 saturated carbocycles. The van der Waals surface area contributed by atoms with Crippen molar-refractivity contribution in [2.75, 3.05) is 7.11 Å². The summed E-state index contributed by atoms with van der Waals surface area (Å²) < 4.78 is 4.86. The van der Waals surface area contributed by atoms with E-state index in [1.54, 1.807) is 18.4 Å². The molecule has 0 fully saturated rings. The fourth-order valence-electron chi connectivity index (χ4n) is 0.493. The summed E-state index contributed by atoms with van der Waals surface area (Å²) in [5.41, 5.74) is 1.14. The largest absolute Gasteiger partial charge is 0.380 e. The molecule has 0 N–H and O–H groups in total. The average molecular weight is 127 g/mol. The van der Waals surface area contributed by atoms with Gasteiger partial charge in [0.2, 0.25) is 0 Å². The maximum Gasteiger partial charge on any atom is 0.0727 e. The van der Waals surface area contributed by atoms with Crippen molar-refractivity contribution in [1.29, 1.82) is 0 Å². The van der Waals surface area contributed by atoms with E-state index in [9.17, 15) is 0 Å². The van der Waals surface area contributed by atoms with E-state index in [2.05, 4.69) is 5.38 Å². The van der Waals surface area contributed by atoms with Gasteiger partial charge in [-0.2, -0.15) is 0 Å². The Bertz CT molecular complexity index is 134. The van der Waals surface area contributed by atoms with Crippen LogP contribution in [0.5, 0.6) is 0 Å². The van der Waals surface area contributed by atoms with Crippen molar-refractivity contribution in [2.24, 2.45) is 0 Å². The van der Waals surface area contributed by atoms with Gasteiger partial charge < -0.3 is 4.74 Å². The lowest BCUT2D eigenvalue weighted by atomic mass is 10.4. The average Bonchev–Trinajstić information content (AvgIpc) is 2.19. The van der Waals surface area contributed by atoms with Crippen LogP contribution in [-0.4, -0.2) is 7.11 Å². The molecule has 0 atom stereocenters. The van der Waals surface area contributed by atoms with Crippen LogP contribution in [0.4, 0.5) is 0 Å². The number of methoxy groups -OCH3 is 1. The summed E-state index contributed by atoms with van der Waals surface area (Å²) in [4.78, 5) is 0. The molecule has 0 aliphatic carbocycles. The van der Waals surface area contributed by atoms with Crippen molar-refractivity contribution in [1.82, 2.24) is 0 Å². The summed E-state index contributed by atoms with van der Waals surface area (Å²) >= 11 is 1.57. The Morgan fingerprint density at radius 1 is 1.88 bits per heavy atom. The van der Waals surface area contributed by atoms with Gasteiger partial charge in [-0.25, -0.2) is 0 Å². The number of rotatable bonds is 2. The second-order valence-electron chi connectivity index (χ2n) is 1.48. The van der Waals surface area contributed by atoms with Gasteiger partial charge in [0.15, 0.2) is 0 Å². The summed E-state index contributed by atoms with van der Waals surface area (Å²) in [5.74, 6) is 0. The van der Waals surface area contributed by atoms with E-state index in [0.717, 1.165) is 5.56 Å². The van der Waals surface area contributed by atoms with Crippen LogP contribution in [0.1, 0.15) is 5.56 Å². The topological polar surface area (TPSA) is 9.23 Å². The van der Waals surface area contributed by atoms with Crippen LogP contribution in [0.25, 0.3) is 0 Å². The molecule has 2 heteroatoms. The second-order valence-corrected chi connectivity index (χ2v) is 2.19. The van der Waals surface area contributed by atoms with Gasteiger partial charge in [0, 0.05) is 7.11 Å². The number of hydrogen-bond acceptors (Lipinski definition) is 2. The molecule has 1 rings (SSSR count). The molecule has 0 aliphatic rings. The summed E-state index contributed by atoms with van der Waals surface area (Å²) in [6, 6.07) is 2.01. The lowest BCUT2D eigenvalue weighted by Gasteiger charge is -1.88. The van der Waals surface area contributed by atoms with Crippen molar-refractivity contribution in [2.45, 2.75) is 6.61 Å². The highest BCUT2D eigenvalue weighted by Gasteiger charge is 1.87. The maximum absolute atomic E-state index is 4.86. The highest BCUT2D eigenvalue weighted by Crippen LogP contribution is 2.04. The van der Waals surface area contributed by atoms with Gasteiger partial charge in [0.1, 0.15) is 0 Å². The van der Waals surface area contributed by atoms with Gasteiger partial charge in [-0.05, 0) is 17.0 Å². The molecule has 43 valence electrons. The lowest BCUT2D eigenvalue weighted by Crippen LogP contribution is -1.81. The van der Waals surface area contributed by atoms with E-state index in [0.29, 0.717) is 6.61 Å². The highest BCUT2D eigenvalue weighted by molar-refractivity contribution is 7.07.